The number of ether oxygens (including phenoxy) is 1. The number of aromatic nitrogens is 3. The average molecular weight is 343 g/mol. The topological polar surface area (TPSA) is 86.1 Å². The molecule has 7 nitrogen and oxygen atoms in total. The third-order valence-corrected chi connectivity index (χ3v) is 4.68. The second kappa shape index (κ2) is 6.45. The van der Waals surface area contributed by atoms with Crippen molar-refractivity contribution in [3.05, 3.63) is 27.0 Å². The zero-order valence-electron chi connectivity index (χ0n) is 12.6. The van der Waals surface area contributed by atoms with Crippen LogP contribution in [0.25, 0.3) is 5.13 Å². The van der Waals surface area contributed by atoms with Crippen LogP contribution in [-0.2, 0) is 9.53 Å². The van der Waals surface area contributed by atoms with Gasteiger partial charge in [-0.2, -0.15) is 5.10 Å². The van der Waals surface area contributed by atoms with Gasteiger partial charge in [0.1, 0.15) is 11.4 Å². The van der Waals surface area contributed by atoms with Crippen molar-refractivity contribution in [3.8, 4) is 5.13 Å². The molecule has 1 amide bonds. The molecule has 0 aliphatic carbocycles. The zero-order valence-corrected chi connectivity index (χ0v) is 14.1. The summed E-state index contributed by atoms with van der Waals surface area (Å²) in [6.07, 6.45) is 0. The summed E-state index contributed by atoms with van der Waals surface area (Å²) in [5, 5.41) is 7.92. The van der Waals surface area contributed by atoms with Crippen LogP contribution in [0.2, 0.25) is 5.02 Å². The predicted molar refractivity (Wildman–Crippen MR) is 82.8 cm³/mol. The largest absolute Gasteiger partial charge is 0.468 e. The van der Waals surface area contributed by atoms with Crippen molar-refractivity contribution < 1.29 is 14.3 Å². The van der Waals surface area contributed by atoms with E-state index in [0.29, 0.717) is 26.4 Å². The quantitative estimate of drug-likeness (QED) is 0.856. The van der Waals surface area contributed by atoms with Crippen molar-refractivity contribution in [1.29, 1.82) is 0 Å². The lowest BCUT2D eigenvalue weighted by molar-refractivity contribution is -0.139. The molecule has 0 radical (unpaired) electrons. The van der Waals surface area contributed by atoms with Crippen molar-refractivity contribution in [3.63, 3.8) is 0 Å². The molecule has 0 aromatic carbocycles. The molecule has 2 rings (SSSR count). The summed E-state index contributed by atoms with van der Waals surface area (Å²) >= 11 is 7.30. The van der Waals surface area contributed by atoms with E-state index in [2.05, 4.69) is 20.1 Å². The first-order valence-electron chi connectivity index (χ1n) is 6.39. The highest BCUT2D eigenvalue weighted by atomic mass is 35.5. The predicted octanol–water partition coefficient (Wildman–Crippen LogP) is 1.81. The van der Waals surface area contributed by atoms with Crippen molar-refractivity contribution in [2.45, 2.75) is 20.8 Å². The summed E-state index contributed by atoms with van der Waals surface area (Å²) in [4.78, 5) is 27.9. The summed E-state index contributed by atoms with van der Waals surface area (Å²) in [6.45, 7) is 5.17. The Morgan fingerprint density at radius 1 is 1.32 bits per heavy atom. The van der Waals surface area contributed by atoms with Crippen LogP contribution in [0.15, 0.2) is 0 Å². The van der Waals surface area contributed by atoms with Crippen LogP contribution in [0.3, 0.4) is 0 Å². The molecule has 0 fully saturated rings. The van der Waals surface area contributed by atoms with Gasteiger partial charge in [0, 0.05) is 0 Å². The van der Waals surface area contributed by atoms with E-state index in [4.69, 9.17) is 11.6 Å². The van der Waals surface area contributed by atoms with Crippen molar-refractivity contribution >= 4 is 34.8 Å². The van der Waals surface area contributed by atoms with Crippen molar-refractivity contribution in [2.24, 2.45) is 0 Å². The van der Waals surface area contributed by atoms with Crippen molar-refractivity contribution in [2.75, 3.05) is 13.7 Å². The van der Waals surface area contributed by atoms with Gasteiger partial charge in [0.25, 0.3) is 5.91 Å². The fraction of sp³-hybridized carbons (Fsp3) is 0.385. The monoisotopic (exact) mass is 342 g/mol. The first kappa shape index (κ1) is 16.4. The summed E-state index contributed by atoms with van der Waals surface area (Å²) in [6, 6.07) is 0. The maximum atomic E-state index is 12.1. The van der Waals surface area contributed by atoms with Crippen LogP contribution in [0.5, 0.6) is 0 Å². The smallest absolute Gasteiger partial charge is 0.325 e. The SMILES string of the molecule is COC(=O)CNC(=O)c1sc(-n2nc(C)c(Cl)c2C)nc1C. The normalized spacial score (nSPS) is 10.6. The minimum atomic E-state index is -0.513. The molecule has 0 saturated carbocycles. The highest BCUT2D eigenvalue weighted by Gasteiger charge is 2.19. The highest BCUT2D eigenvalue weighted by molar-refractivity contribution is 7.16. The van der Waals surface area contributed by atoms with E-state index in [1.165, 1.54) is 18.4 Å². The zero-order chi connectivity index (χ0) is 16.4. The van der Waals surface area contributed by atoms with Crippen LogP contribution < -0.4 is 5.32 Å². The fourth-order valence-electron chi connectivity index (χ4n) is 1.80. The number of methoxy groups -OCH3 is 1. The Kier molecular flexibility index (Phi) is 4.82. The minimum absolute atomic E-state index is 0.187. The number of hydrogen-bond donors (Lipinski definition) is 1. The van der Waals surface area contributed by atoms with Crippen LogP contribution in [0, 0.1) is 20.8 Å². The molecule has 0 aliphatic rings. The molecule has 2 heterocycles. The number of thiazole rings is 1. The lowest BCUT2D eigenvalue weighted by Gasteiger charge is -2.01. The van der Waals surface area contributed by atoms with Gasteiger partial charge < -0.3 is 10.1 Å². The first-order valence-corrected chi connectivity index (χ1v) is 7.59. The number of hydrogen-bond acceptors (Lipinski definition) is 6. The fourth-order valence-corrected chi connectivity index (χ4v) is 2.90. The molecule has 0 bridgehead atoms. The highest BCUT2D eigenvalue weighted by Crippen LogP contribution is 2.26. The van der Waals surface area contributed by atoms with Gasteiger partial charge in [0.15, 0.2) is 0 Å². The second-order valence-corrected chi connectivity index (χ2v) is 5.92. The summed E-state index contributed by atoms with van der Waals surface area (Å²) in [5.74, 6) is -0.889. The average Bonchev–Trinajstić information content (AvgIpc) is 3.00. The minimum Gasteiger partial charge on any atom is -0.468 e. The number of carbonyl (C=O) groups excluding carboxylic acids is 2. The number of nitrogens with one attached hydrogen (secondary N) is 1. The second-order valence-electron chi connectivity index (χ2n) is 4.57. The van der Waals surface area contributed by atoms with Gasteiger partial charge in [-0.3, -0.25) is 9.59 Å². The maximum absolute atomic E-state index is 12.1. The number of aryl methyl sites for hydroxylation is 2. The van der Waals surface area contributed by atoms with E-state index in [1.54, 1.807) is 18.5 Å². The summed E-state index contributed by atoms with van der Waals surface area (Å²) in [5.41, 5.74) is 2.02. The number of nitrogens with zero attached hydrogens (tertiary/aromatic N) is 3. The van der Waals surface area contributed by atoms with Gasteiger partial charge in [-0.05, 0) is 20.8 Å². The van der Waals surface area contributed by atoms with Gasteiger partial charge in [0.05, 0.1) is 29.2 Å². The molecule has 0 aliphatic heterocycles. The van der Waals surface area contributed by atoms with Crippen LogP contribution in [0.4, 0.5) is 0 Å². The molecule has 1 N–H and O–H groups in total. The summed E-state index contributed by atoms with van der Waals surface area (Å²) < 4.78 is 6.08. The number of rotatable bonds is 4. The van der Waals surface area contributed by atoms with Crippen LogP contribution in [-0.4, -0.2) is 40.3 Å². The Hall–Kier alpha value is -1.93. The molecule has 22 heavy (non-hydrogen) atoms. The van der Waals surface area contributed by atoms with E-state index < -0.39 is 5.97 Å². The Bertz CT molecular complexity index is 738. The number of amides is 1. The Labute approximate surface area is 136 Å². The molecule has 0 atom stereocenters. The molecule has 9 heteroatoms. The van der Waals surface area contributed by atoms with Gasteiger partial charge in [-0.25, -0.2) is 9.67 Å². The third-order valence-electron chi connectivity index (χ3n) is 3.00. The van der Waals surface area contributed by atoms with Gasteiger partial charge in [-0.15, -0.1) is 0 Å². The number of carbonyl (C=O) groups is 2. The molecule has 0 saturated heterocycles. The Morgan fingerprint density at radius 3 is 2.55 bits per heavy atom. The van der Waals surface area contributed by atoms with Crippen LogP contribution >= 0.6 is 22.9 Å². The van der Waals surface area contributed by atoms with Crippen LogP contribution in [0.1, 0.15) is 26.8 Å². The molecule has 2 aromatic heterocycles. The van der Waals surface area contributed by atoms with E-state index in [0.717, 1.165) is 5.69 Å². The van der Waals surface area contributed by atoms with E-state index in [-0.39, 0.29) is 12.5 Å². The molecule has 0 spiro atoms. The third kappa shape index (κ3) is 3.12. The Morgan fingerprint density at radius 2 is 2.00 bits per heavy atom. The van der Waals surface area contributed by atoms with E-state index in [1.807, 2.05) is 6.92 Å². The maximum Gasteiger partial charge on any atom is 0.325 e. The molecular weight excluding hydrogens is 328 g/mol. The molecule has 118 valence electrons. The standard InChI is InChI=1S/C13H15ClN4O3S/c1-6-10(14)8(3)18(17-6)13-16-7(2)11(22-13)12(20)15-5-9(19)21-4/h5H2,1-4H3,(H,15,20). The van der Waals surface area contributed by atoms with Gasteiger partial charge >= 0.3 is 5.97 Å². The van der Waals surface area contributed by atoms with Crippen molar-refractivity contribution in [1.82, 2.24) is 20.1 Å². The summed E-state index contributed by atoms with van der Waals surface area (Å²) in [7, 11) is 1.26. The number of halogens is 1. The Balaban J connectivity index is 2.26. The molecule has 2 aromatic rings. The first-order chi connectivity index (χ1) is 10.3. The molecule has 0 unspecified atom stereocenters. The van der Waals surface area contributed by atoms with Gasteiger partial charge in [-0.1, -0.05) is 22.9 Å². The molecular formula is C13H15ClN4O3S. The van der Waals surface area contributed by atoms with E-state index in [9.17, 15) is 9.59 Å². The van der Waals surface area contributed by atoms with Gasteiger partial charge in [0.2, 0.25) is 5.13 Å². The lowest BCUT2D eigenvalue weighted by Crippen LogP contribution is -2.29. The van der Waals surface area contributed by atoms with E-state index >= 15 is 0 Å². The number of esters is 1. The lowest BCUT2D eigenvalue weighted by atomic mass is 10.4.